The van der Waals surface area contributed by atoms with Crippen molar-refractivity contribution in [1.29, 1.82) is 0 Å². The fourth-order valence-electron chi connectivity index (χ4n) is 3.66. The molecule has 0 bridgehead atoms. The van der Waals surface area contributed by atoms with Crippen LogP contribution >= 0.6 is 0 Å². The van der Waals surface area contributed by atoms with Gasteiger partial charge in [0.25, 0.3) is 0 Å². The third-order valence-corrected chi connectivity index (χ3v) is 5.16. The van der Waals surface area contributed by atoms with E-state index in [2.05, 4.69) is 26.0 Å². The Morgan fingerprint density at radius 3 is 2.57 bits per heavy atom. The fraction of sp³-hybridized carbons (Fsp3) is 0.391. The van der Waals surface area contributed by atoms with Crippen molar-refractivity contribution < 1.29 is 14.3 Å². The molecule has 2 aromatic rings. The summed E-state index contributed by atoms with van der Waals surface area (Å²) in [6.45, 7) is 6.70. The van der Waals surface area contributed by atoms with E-state index >= 15 is 0 Å². The Labute approximate surface area is 166 Å². The summed E-state index contributed by atoms with van der Waals surface area (Å²) in [7, 11) is 3.82. The van der Waals surface area contributed by atoms with Crippen LogP contribution in [0.3, 0.4) is 0 Å². The number of fused-ring (bicyclic) bond motifs is 1. The molecule has 148 valence electrons. The van der Waals surface area contributed by atoms with Crippen LogP contribution in [0.15, 0.2) is 36.0 Å². The third kappa shape index (κ3) is 3.88. The van der Waals surface area contributed by atoms with Crippen molar-refractivity contribution in [3.8, 4) is 0 Å². The second-order valence-electron chi connectivity index (χ2n) is 7.58. The molecule has 0 saturated carbocycles. The molecule has 1 aliphatic carbocycles. The summed E-state index contributed by atoms with van der Waals surface area (Å²) >= 11 is 0. The maximum Gasteiger partial charge on any atom is 0.354 e. The van der Waals surface area contributed by atoms with Gasteiger partial charge in [-0.25, -0.2) is 4.79 Å². The Balaban J connectivity index is 2.10. The molecule has 0 saturated heterocycles. The largest absolute Gasteiger partial charge is 0.461 e. The molecular weight excluding hydrogens is 352 g/mol. The molecule has 3 rings (SSSR count). The Hall–Kier alpha value is -2.82. The number of ketones is 1. The first-order valence-electron chi connectivity index (χ1n) is 9.69. The summed E-state index contributed by atoms with van der Waals surface area (Å²) in [5, 5.41) is 0. The van der Waals surface area contributed by atoms with Crippen molar-refractivity contribution in [1.82, 2.24) is 9.47 Å². The number of carbonyl (C=O) groups is 2. The van der Waals surface area contributed by atoms with Crippen LogP contribution in [0.25, 0.3) is 0 Å². The summed E-state index contributed by atoms with van der Waals surface area (Å²) in [6.07, 6.45) is 3.30. The Morgan fingerprint density at radius 1 is 1.18 bits per heavy atom. The van der Waals surface area contributed by atoms with Gasteiger partial charge in [0.15, 0.2) is 0 Å². The average Bonchev–Trinajstić information content (AvgIpc) is 3.00. The molecule has 0 fully saturated rings. The van der Waals surface area contributed by atoms with Gasteiger partial charge in [-0.05, 0) is 61.9 Å². The number of Topliss-reactive ketones (excluding diaryl/α,β-unsaturated/α-hetero) is 1. The molecule has 1 aliphatic rings. The number of aryl methyl sites for hydroxylation is 3. The van der Waals surface area contributed by atoms with E-state index in [9.17, 15) is 9.59 Å². The van der Waals surface area contributed by atoms with Crippen LogP contribution in [0.2, 0.25) is 0 Å². The molecule has 0 N–H and O–H groups in total. The first-order valence-corrected chi connectivity index (χ1v) is 9.69. The van der Waals surface area contributed by atoms with Crippen molar-refractivity contribution in [3.05, 3.63) is 69.7 Å². The van der Waals surface area contributed by atoms with Gasteiger partial charge in [-0.2, -0.15) is 0 Å². The minimum Gasteiger partial charge on any atom is -0.461 e. The standard InChI is InChI=1S/C23H28N2O3/c1-6-28-23(27)20-12-18-9-10-19(14-24(4)5)22(26)21(18)25(20)13-17-8-7-15(2)16(3)11-17/h7-8,11-12,14H,6,9-10,13H2,1-5H3. The van der Waals surface area contributed by atoms with E-state index in [-0.39, 0.29) is 11.8 Å². The van der Waals surface area contributed by atoms with Gasteiger partial charge in [0.05, 0.1) is 12.3 Å². The van der Waals surface area contributed by atoms with Gasteiger partial charge in [-0.15, -0.1) is 0 Å². The quantitative estimate of drug-likeness (QED) is 0.583. The molecule has 0 spiro atoms. The molecule has 0 amide bonds. The summed E-state index contributed by atoms with van der Waals surface area (Å²) in [5.41, 5.74) is 6.22. The highest BCUT2D eigenvalue weighted by Gasteiger charge is 2.30. The van der Waals surface area contributed by atoms with Crippen molar-refractivity contribution in [2.75, 3.05) is 20.7 Å². The number of allylic oxidation sites excluding steroid dienone is 1. The number of esters is 1. The van der Waals surface area contributed by atoms with Gasteiger partial charge in [0, 0.05) is 32.4 Å². The number of hydrogen-bond acceptors (Lipinski definition) is 4. The van der Waals surface area contributed by atoms with Crippen LogP contribution in [-0.2, 0) is 17.7 Å². The van der Waals surface area contributed by atoms with Crippen molar-refractivity contribution >= 4 is 11.8 Å². The monoisotopic (exact) mass is 380 g/mol. The molecule has 0 radical (unpaired) electrons. The van der Waals surface area contributed by atoms with Gasteiger partial charge in [0.2, 0.25) is 5.78 Å². The van der Waals surface area contributed by atoms with Gasteiger partial charge >= 0.3 is 5.97 Å². The van der Waals surface area contributed by atoms with E-state index in [1.54, 1.807) is 6.92 Å². The Kier molecular flexibility index (Phi) is 5.73. The van der Waals surface area contributed by atoms with E-state index in [1.807, 2.05) is 41.9 Å². The van der Waals surface area contributed by atoms with E-state index in [1.165, 1.54) is 11.1 Å². The van der Waals surface area contributed by atoms with Crippen LogP contribution in [0.5, 0.6) is 0 Å². The second-order valence-corrected chi connectivity index (χ2v) is 7.58. The second kappa shape index (κ2) is 8.05. The normalized spacial score (nSPS) is 14.9. The molecule has 0 aliphatic heterocycles. The van der Waals surface area contributed by atoms with E-state index in [4.69, 9.17) is 4.74 Å². The maximum absolute atomic E-state index is 13.2. The predicted octanol–water partition coefficient (Wildman–Crippen LogP) is 3.90. The first-order chi connectivity index (χ1) is 13.3. The van der Waals surface area contributed by atoms with Crippen LogP contribution in [0.1, 0.15) is 56.6 Å². The number of rotatable bonds is 5. The molecule has 1 aromatic carbocycles. The lowest BCUT2D eigenvalue weighted by molar-refractivity contribution is 0.0514. The molecule has 5 nitrogen and oxygen atoms in total. The number of nitrogens with zero attached hydrogens (tertiary/aromatic N) is 2. The summed E-state index contributed by atoms with van der Waals surface area (Å²) < 4.78 is 7.10. The highest BCUT2D eigenvalue weighted by molar-refractivity contribution is 6.10. The smallest absolute Gasteiger partial charge is 0.354 e. The van der Waals surface area contributed by atoms with Gasteiger partial charge in [0.1, 0.15) is 5.69 Å². The van der Waals surface area contributed by atoms with Crippen LogP contribution in [0.4, 0.5) is 0 Å². The van der Waals surface area contributed by atoms with E-state index in [0.29, 0.717) is 31.0 Å². The van der Waals surface area contributed by atoms with E-state index in [0.717, 1.165) is 23.1 Å². The zero-order valence-electron chi connectivity index (χ0n) is 17.3. The van der Waals surface area contributed by atoms with Crippen LogP contribution in [0, 0.1) is 13.8 Å². The van der Waals surface area contributed by atoms with Gasteiger partial charge in [-0.1, -0.05) is 18.2 Å². The van der Waals surface area contributed by atoms with Gasteiger partial charge in [-0.3, -0.25) is 4.79 Å². The maximum atomic E-state index is 13.2. The molecular formula is C23H28N2O3. The fourth-order valence-corrected chi connectivity index (χ4v) is 3.66. The number of carbonyl (C=O) groups excluding carboxylic acids is 2. The molecule has 0 atom stereocenters. The average molecular weight is 380 g/mol. The summed E-state index contributed by atoms with van der Waals surface area (Å²) in [6, 6.07) is 8.07. The van der Waals surface area contributed by atoms with Crippen molar-refractivity contribution in [3.63, 3.8) is 0 Å². The van der Waals surface area contributed by atoms with Gasteiger partial charge < -0.3 is 14.2 Å². The Bertz CT molecular complexity index is 951. The lowest BCUT2D eigenvalue weighted by Gasteiger charge is -2.20. The number of ether oxygens (including phenoxy) is 1. The minimum absolute atomic E-state index is 0.00525. The van der Waals surface area contributed by atoms with Crippen LogP contribution < -0.4 is 0 Å². The Morgan fingerprint density at radius 2 is 1.93 bits per heavy atom. The number of aromatic nitrogens is 1. The predicted molar refractivity (Wildman–Crippen MR) is 110 cm³/mol. The van der Waals surface area contributed by atoms with E-state index < -0.39 is 0 Å². The van der Waals surface area contributed by atoms with Crippen molar-refractivity contribution in [2.45, 2.75) is 40.2 Å². The number of benzene rings is 1. The SMILES string of the molecule is CCOC(=O)c1cc2c(n1Cc1ccc(C)c(C)c1)C(=O)C(=CN(C)C)CC2. The molecule has 0 unspecified atom stereocenters. The zero-order valence-corrected chi connectivity index (χ0v) is 17.3. The highest BCUT2D eigenvalue weighted by Crippen LogP contribution is 2.30. The lowest BCUT2D eigenvalue weighted by atomic mass is 9.92. The topological polar surface area (TPSA) is 51.5 Å². The summed E-state index contributed by atoms with van der Waals surface area (Å²) in [5.74, 6) is -0.388. The van der Waals surface area contributed by atoms with Crippen molar-refractivity contribution in [2.24, 2.45) is 0 Å². The minimum atomic E-state index is -0.383. The molecule has 5 heteroatoms. The summed E-state index contributed by atoms with van der Waals surface area (Å²) in [4.78, 5) is 27.7. The molecule has 1 heterocycles. The molecule has 28 heavy (non-hydrogen) atoms. The molecule has 1 aromatic heterocycles. The number of hydrogen-bond donors (Lipinski definition) is 0. The zero-order chi connectivity index (χ0) is 20.4. The lowest BCUT2D eigenvalue weighted by Crippen LogP contribution is -2.22. The highest BCUT2D eigenvalue weighted by atomic mass is 16.5. The first kappa shape index (κ1) is 19.9. The third-order valence-electron chi connectivity index (χ3n) is 5.16. The van der Waals surface area contributed by atoms with Crippen LogP contribution in [-0.4, -0.2) is 41.9 Å².